The van der Waals surface area contributed by atoms with Crippen LogP contribution in [0.15, 0.2) is 59.4 Å². The number of hydrogen-bond acceptors (Lipinski definition) is 5. The Morgan fingerprint density at radius 2 is 1.83 bits per heavy atom. The number of carbonyl (C=O) groups is 1. The lowest BCUT2D eigenvalue weighted by molar-refractivity contribution is 0.0916. The van der Waals surface area contributed by atoms with Crippen LogP contribution in [0.2, 0.25) is 5.02 Å². The molecule has 30 heavy (non-hydrogen) atoms. The Balaban J connectivity index is 1.93. The smallest absolute Gasteiger partial charge is 0.271 e. The Kier molecular flexibility index (Phi) is 6.55. The van der Waals surface area contributed by atoms with E-state index < -0.39 is 23.8 Å². The standard InChI is InChI=1S/C23H19ClN2O4/c1-15-17(13-25)22(28)26(12-11-16-7-3-2-4-8-16)23(29)21(15)19(27)14-30-20-10-6-5-9-18(20)24/h2-10,29H,11-12,14H2,1H3. The number of ether oxygens (including phenoxy) is 1. The molecule has 0 atom stereocenters. The summed E-state index contributed by atoms with van der Waals surface area (Å²) in [6, 6.07) is 17.9. The van der Waals surface area contributed by atoms with Gasteiger partial charge in [0.2, 0.25) is 11.7 Å². The van der Waals surface area contributed by atoms with Gasteiger partial charge in [0.05, 0.1) is 10.6 Å². The highest BCUT2D eigenvalue weighted by Gasteiger charge is 2.24. The molecular weight excluding hydrogens is 404 g/mol. The summed E-state index contributed by atoms with van der Waals surface area (Å²) < 4.78 is 6.53. The quantitative estimate of drug-likeness (QED) is 0.583. The van der Waals surface area contributed by atoms with E-state index in [0.717, 1.165) is 10.1 Å². The molecule has 0 bridgehead atoms. The van der Waals surface area contributed by atoms with Gasteiger partial charge in [-0.1, -0.05) is 54.1 Å². The number of Topliss-reactive ketones (excluding diaryl/α,β-unsaturated/α-hetero) is 1. The number of nitrogens with zero attached hydrogens (tertiary/aromatic N) is 2. The summed E-state index contributed by atoms with van der Waals surface area (Å²) in [5.74, 6) is -0.711. The maximum atomic E-state index is 12.8. The largest absolute Gasteiger partial charge is 0.494 e. The number of carbonyl (C=O) groups excluding carboxylic acids is 1. The third-order valence-electron chi connectivity index (χ3n) is 4.74. The van der Waals surface area contributed by atoms with Crippen molar-refractivity contribution in [3.8, 4) is 17.7 Å². The van der Waals surface area contributed by atoms with E-state index in [-0.39, 0.29) is 23.2 Å². The molecule has 152 valence electrons. The molecule has 0 aliphatic heterocycles. The molecular formula is C23H19ClN2O4. The zero-order valence-electron chi connectivity index (χ0n) is 16.3. The zero-order valence-corrected chi connectivity index (χ0v) is 17.0. The zero-order chi connectivity index (χ0) is 21.7. The van der Waals surface area contributed by atoms with Crippen molar-refractivity contribution in [1.29, 1.82) is 5.26 Å². The normalized spacial score (nSPS) is 10.4. The van der Waals surface area contributed by atoms with Gasteiger partial charge in [0, 0.05) is 6.54 Å². The molecule has 0 amide bonds. The van der Waals surface area contributed by atoms with Crippen LogP contribution in [0.25, 0.3) is 0 Å². The SMILES string of the molecule is Cc1c(C(=O)COc2ccccc2Cl)c(O)n(CCc2ccccc2)c(=O)c1C#N. The first-order valence-electron chi connectivity index (χ1n) is 9.25. The minimum Gasteiger partial charge on any atom is -0.494 e. The molecule has 6 nitrogen and oxygen atoms in total. The van der Waals surface area contributed by atoms with E-state index in [1.807, 2.05) is 36.4 Å². The van der Waals surface area contributed by atoms with Gasteiger partial charge < -0.3 is 9.84 Å². The number of aromatic hydroxyl groups is 1. The molecule has 1 N–H and O–H groups in total. The Morgan fingerprint density at radius 3 is 2.50 bits per heavy atom. The van der Waals surface area contributed by atoms with Crippen molar-refractivity contribution in [3.05, 3.63) is 92.2 Å². The second kappa shape index (κ2) is 9.29. The van der Waals surface area contributed by atoms with Crippen LogP contribution in [-0.2, 0) is 13.0 Å². The van der Waals surface area contributed by atoms with Crippen LogP contribution in [0, 0.1) is 18.3 Å². The van der Waals surface area contributed by atoms with Crippen molar-refractivity contribution >= 4 is 17.4 Å². The van der Waals surface area contributed by atoms with Crippen LogP contribution in [0.5, 0.6) is 11.6 Å². The van der Waals surface area contributed by atoms with Gasteiger partial charge >= 0.3 is 0 Å². The number of halogens is 1. The number of aromatic nitrogens is 1. The summed E-state index contributed by atoms with van der Waals surface area (Å²) in [6.45, 7) is 1.18. The summed E-state index contributed by atoms with van der Waals surface area (Å²) >= 11 is 6.04. The molecule has 0 spiro atoms. The van der Waals surface area contributed by atoms with Crippen LogP contribution in [0.3, 0.4) is 0 Å². The van der Waals surface area contributed by atoms with E-state index in [4.69, 9.17) is 16.3 Å². The van der Waals surface area contributed by atoms with Gasteiger partial charge in [0.15, 0.2) is 6.61 Å². The second-order valence-corrected chi connectivity index (χ2v) is 7.05. The summed E-state index contributed by atoms with van der Waals surface area (Å²) in [5.41, 5.74) is 0.168. The second-order valence-electron chi connectivity index (χ2n) is 6.65. The van der Waals surface area contributed by atoms with Crippen LogP contribution in [0.4, 0.5) is 0 Å². The van der Waals surface area contributed by atoms with Crippen molar-refractivity contribution in [2.45, 2.75) is 19.9 Å². The number of aryl methyl sites for hydroxylation is 1. The fraction of sp³-hybridized carbons (Fsp3) is 0.174. The molecule has 0 saturated heterocycles. The van der Waals surface area contributed by atoms with E-state index in [2.05, 4.69) is 0 Å². The first-order valence-corrected chi connectivity index (χ1v) is 9.62. The molecule has 1 aromatic heterocycles. The lowest BCUT2D eigenvalue weighted by Crippen LogP contribution is -2.28. The van der Waals surface area contributed by atoms with Crippen LogP contribution >= 0.6 is 11.6 Å². The number of para-hydroxylation sites is 1. The Morgan fingerprint density at radius 1 is 1.17 bits per heavy atom. The Hall–Kier alpha value is -3.56. The van der Waals surface area contributed by atoms with E-state index in [9.17, 15) is 20.0 Å². The fourth-order valence-corrected chi connectivity index (χ4v) is 3.35. The Labute approximate surface area is 178 Å². The molecule has 0 fully saturated rings. The highest BCUT2D eigenvalue weighted by molar-refractivity contribution is 6.32. The Bertz CT molecular complexity index is 1180. The summed E-state index contributed by atoms with van der Waals surface area (Å²) in [6.07, 6.45) is 0.450. The monoisotopic (exact) mass is 422 g/mol. The number of ketones is 1. The van der Waals surface area contributed by atoms with Crippen molar-refractivity contribution in [2.75, 3.05) is 6.61 Å². The lowest BCUT2D eigenvalue weighted by atomic mass is 10.0. The van der Waals surface area contributed by atoms with Crippen LogP contribution in [-0.4, -0.2) is 22.1 Å². The average Bonchev–Trinajstić information content (AvgIpc) is 2.74. The van der Waals surface area contributed by atoms with Crippen molar-refractivity contribution in [1.82, 2.24) is 4.57 Å². The molecule has 0 aliphatic carbocycles. The maximum absolute atomic E-state index is 12.8. The molecule has 2 aromatic carbocycles. The van der Waals surface area contributed by atoms with Crippen molar-refractivity contribution in [2.24, 2.45) is 0 Å². The number of nitriles is 1. The number of benzene rings is 2. The molecule has 3 aromatic rings. The minimum absolute atomic E-state index is 0.105. The van der Waals surface area contributed by atoms with Gasteiger partial charge in [0.1, 0.15) is 17.4 Å². The van der Waals surface area contributed by atoms with Crippen molar-refractivity contribution in [3.63, 3.8) is 0 Å². The average molecular weight is 423 g/mol. The predicted molar refractivity (Wildman–Crippen MR) is 113 cm³/mol. The minimum atomic E-state index is -0.632. The van der Waals surface area contributed by atoms with Crippen LogP contribution in [0.1, 0.15) is 27.0 Å². The number of rotatable bonds is 7. The van der Waals surface area contributed by atoms with E-state index in [1.165, 1.54) is 6.92 Å². The molecule has 7 heteroatoms. The number of pyridine rings is 1. The van der Waals surface area contributed by atoms with Crippen LogP contribution < -0.4 is 10.3 Å². The summed E-state index contributed by atoms with van der Waals surface area (Å²) in [5, 5.41) is 20.5. The highest BCUT2D eigenvalue weighted by atomic mass is 35.5. The molecule has 0 unspecified atom stereocenters. The third kappa shape index (κ3) is 4.37. The number of hydrogen-bond donors (Lipinski definition) is 1. The first-order chi connectivity index (χ1) is 14.4. The summed E-state index contributed by atoms with van der Waals surface area (Å²) in [7, 11) is 0. The van der Waals surface area contributed by atoms with Gasteiger partial charge in [-0.05, 0) is 36.6 Å². The highest BCUT2D eigenvalue weighted by Crippen LogP contribution is 2.26. The van der Waals surface area contributed by atoms with E-state index in [1.54, 1.807) is 24.3 Å². The van der Waals surface area contributed by atoms with Gasteiger partial charge in [-0.25, -0.2) is 0 Å². The fourth-order valence-electron chi connectivity index (χ4n) is 3.15. The summed E-state index contributed by atoms with van der Waals surface area (Å²) in [4.78, 5) is 25.5. The van der Waals surface area contributed by atoms with Gasteiger partial charge in [0.25, 0.3) is 5.56 Å². The van der Waals surface area contributed by atoms with E-state index in [0.29, 0.717) is 17.2 Å². The van der Waals surface area contributed by atoms with E-state index >= 15 is 0 Å². The van der Waals surface area contributed by atoms with Gasteiger partial charge in [-0.3, -0.25) is 14.2 Å². The van der Waals surface area contributed by atoms with Gasteiger partial charge in [-0.15, -0.1) is 0 Å². The molecule has 1 heterocycles. The first kappa shape index (κ1) is 21.2. The molecule has 0 radical (unpaired) electrons. The molecule has 0 saturated carbocycles. The molecule has 3 rings (SSSR count). The topological polar surface area (TPSA) is 92.3 Å². The third-order valence-corrected chi connectivity index (χ3v) is 5.05. The molecule has 0 aliphatic rings. The maximum Gasteiger partial charge on any atom is 0.271 e. The van der Waals surface area contributed by atoms with Gasteiger partial charge in [-0.2, -0.15) is 5.26 Å². The van der Waals surface area contributed by atoms with Crippen molar-refractivity contribution < 1.29 is 14.6 Å². The lowest BCUT2D eigenvalue weighted by Gasteiger charge is -2.16. The predicted octanol–water partition coefficient (Wildman–Crippen LogP) is 3.89.